The van der Waals surface area contributed by atoms with Crippen molar-refractivity contribution in [1.82, 2.24) is 0 Å². The Balaban J connectivity index is 2.69. The summed E-state index contributed by atoms with van der Waals surface area (Å²) in [7, 11) is 0. The fourth-order valence-electron chi connectivity index (χ4n) is 0.922. The summed E-state index contributed by atoms with van der Waals surface area (Å²) in [5.74, 6) is -7.38. The highest BCUT2D eigenvalue weighted by Gasteiger charge is 2.40. The smallest absolute Gasteiger partial charge is 0.378 e. The maximum Gasteiger partial charge on any atom is 0.378 e. The number of benzene rings is 1. The molecule has 0 aliphatic rings. The molecule has 7 heteroatoms. The molecule has 0 spiro atoms. The lowest BCUT2D eigenvalue weighted by molar-refractivity contribution is -0.170. The Hall–Kier alpha value is -1.25. The molecule has 0 aliphatic heterocycles. The van der Waals surface area contributed by atoms with Crippen molar-refractivity contribution in [3.8, 4) is 0 Å². The van der Waals surface area contributed by atoms with E-state index in [4.69, 9.17) is 5.11 Å². The minimum absolute atomic E-state index is 0.120. The molecule has 0 saturated carbocycles. The zero-order valence-electron chi connectivity index (χ0n) is 8.32. The zero-order valence-corrected chi connectivity index (χ0v) is 10.5. The molecule has 0 fully saturated rings. The molecule has 1 aromatic carbocycles. The molecule has 0 aliphatic carbocycles. The molecule has 0 radical (unpaired) electrons. The van der Waals surface area contributed by atoms with Gasteiger partial charge in [-0.1, -0.05) is 12.1 Å². The normalized spacial score (nSPS) is 11.0. The Bertz CT molecular complexity index is 448. The van der Waals surface area contributed by atoms with E-state index in [2.05, 4.69) is 4.74 Å². The van der Waals surface area contributed by atoms with Gasteiger partial charge in [-0.3, -0.25) is 0 Å². The van der Waals surface area contributed by atoms with Crippen LogP contribution in [-0.2, 0) is 9.53 Å². The number of carboxylic acid groups (broad SMARTS) is 1. The van der Waals surface area contributed by atoms with Gasteiger partial charge in [0.15, 0.2) is 6.61 Å². The van der Waals surface area contributed by atoms with Crippen molar-refractivity contribution in [3.05, 3.63) is 33.4 Å². The number of hydrogen-bond donors (Lipinski definition) is 1. The van der Waals surface area contributed by atoms with Crippen LogP contribution in [0.15, 0.2) is 24.3 Å². The SMILES string of the molecule is O=C(OCC(F)(F)C(=O)O)c1ccccc1I. The summed E-state index contributed by atoms with van der Waals surface area (Å²) in [5, 5.41) is 8.14. The van der Waals surface area contributed by atoms with Crippen LogP contribution >= 0.6 is 22.6 Å². The molecule has 1 N–H and O–H groups in total. The standard InChI is InChI=1S/C10H7F2IO4/c11-10(12,9(15)16)5-17-8(14)6-3-1-2-4-7(6)13/h1-4H,5H2,(H,15,16). The third kappa shape index (κ3) is 3.62. The van der Waals surface area contributed by atoms with Gasteiger partial charge in [0.05, 0.1) is 5.56 Å². The second-order valence-corrected chi connectivity index (χ2v) is 4.23. The number of rotatable bonds is 4. The van der Waals surface area contributed by atoms with E-state index in [0.717, 1.165) is 0 Å². The second-order valence-electron chi connectivity index (χ2n) is 3.07. The first-order chi connectivity index (χ1) is 7.84. The number of hydrogen-bond acceptors (Lipinski definition) is 3. The highest BCUT2D eigenvalue weighted by atomic mass is 127. The van der Waals surface area contributed by atoms with Crippen LogP contribution in [0, 0.1) is 3.57 Å². The number of carbonyl (C=O) groups is 2. The van der Waals surface area contributed by atoms with Crippen molar-refractivity contribution in [1.29, 1.82) is 0 Å². The minimum atomic E-state index is -4.07. The monoisotopic (exact) mass is 356 g/mol. The van der Waals surface area contributed by atoms with Crippen LogP contribution in [0.25, 0.3) is 0 Å². The lowest BCUT2D eigenvalue weighted by Gasteiger charge is -2.11. The van der Waals surface area contributed by atoms with Gasteiger partial charge >= 0.3 is 17.9 Å². The lowest BCUT2D eigenvalue weighted by Crippen LogP contribution is -2.34. The topological polar surface area (TPSA) is 63.6 Å². The first kappa shape index (κ1) is 13.8. The van der Waals surface area contributed by atoms with Crippen molar-refractivity contribution in [2.24, 2.45) is 0 Å². The molecule has 1 aromatic rings. The van der Waals surface area contributed by atoms with Gasteiger partial charge < -0.3 is 9.84 Å². The predicted octanol–water partition coefficient (Wildman–Crippen LogP) is 2.17. The van der Waals surface area contributed by atoms with E-state index in [9.17, 15) is 18.4 Å². The van der Waals surface area contributed by atoms with E-state index in [1.165, 1.54) is 6.07 Å². The van der Waals surface area contributed by atoms with E-state index in [0.29, 0.717) is 3.57 Å². The first-order valence-corrected chi connectivity index (χ1v) is 5.45. The molecule has 1 rings (SSSR count). The van der Waals surface area contributed by atoms with Crippen LogP contribution in [0.5, 0.6) is 0 Å². The van der Waals surface area contributed by atoms with Gasteiger partial charge in [-0.25, -0.2) is 9.59 Å². The molecule has 0 atom stereocenters. The molecule has 0 bridgehead atoms. The number of carbonyl (C=O) groups excluding carboxylic acids is 1. The van der Waals surface area contributed by atoms with E-state index in [-0.39, 0.29) is 5.56 Å². The van der Waals surface area contributed by atoms with Gasteiger partial charge in [0.2, 0.25) is 0 Å². The van der Waals surface area contributed by atoms with Gasteiger partial charge in [-0.05, 0) is 34.7 Å². The Morgan fingerprint density at radius 2 is 1.94 bits per heavy atom. The second kappa shape index (κ2) is 5.39. The van der Waals surface area contributed by atoms with Crippen LogP contribution in [-0.4, -0.2) is 29.6 Å². The van der Waals surface area contributed by atoms with Crippen LogP contribution in [0.2, 0.25) is 0 Å². The van der Waals surface area contributed by atoms with Crippen molar-refractivity contribution in [3.63, 3.8) is 0 Å². The van der Waals surface area contributed by atoms with Crippen LogP contribution < -0.4 is 0 Å². The number of esters is 1. The van der Waals surface area contributed by atoms with Gasteiger partial charge in [-0.2, -0.15) is 8.78 Å². The summed E-state index contributed by atoms with van der Waals surface area (Å²) >= 11 is 1.84. The maximum atomic E-state index is 12.6. The summed E-state index contributed by atoms with van der Waals surface area (Å²) in [6, 6.07) is 6.23. The largest absolute Gasteiger partial charge is 0.477 e. The summed E-state index contributed by atoms with van der Waals surface area (Å²) < 4.78 is 30.1. The molecule has 17 heavy (non-hydrogen) atoms. The van der Waals surface area contributed by atoms with E-state index in [1.807, 2.05) is 22.6 Å². The molecular formula is C10H7F2IO4. The molecular weight excluding hydrogens is 349 g/mol. The molecule has 0 heterocycles. The molecule has 0 saturated heterocycles. The molecule has 4 nitrogen and oxygen atoms in total. The number of halogens is 3. The summed E-state index contributed by atoms with van der Waals surface area (Å²) in [6.07, 6.45) is 0. The van der Waals surface area contributed by atoms with Crippen molar-refractivity contribution in [2.45, 2.75) is 5.92 Å². The van der Waals surface area contributed by atoms with Crippen LogP contribution in [0.1, 0.15) is 10.4 Å². The molecule has 92 valence electrons. The predicted molar refractivity (Wildman–Crippen MR) is 62.0 cm³/mol. The first-order valence-electron chi connectivity index (χ1n) is 4.37. The van der Waals surface area contributed by atoms with Crippen LogP contribution in [0.4, 0.5) is 8.78 Å². The molecule has 0 amide bonds. The Morgan fingerprint density at radius 1 is 1.35 bits per heavy atom. The van der Waals surface area contributed by atoms with E-state index in [1.54, 1.807) is 18.2 Å². The van der Waals surface area contributed by atoms with Crippen molar-refractivity contribution in [2.75, 3.05) is 6.61 Å². The third-order valence-electron chi connectivity index (χ3n) is 1.79. The van der Waals surface area contributed by atoms with Crippen molar-refractivity contribution >= 4 is 34.5 Å². The van der Waals surface area contributed by atoms with Crippen molar-refractivity contribution < 1.29 is 28.2 Å². The maximum absolute atomic E-state index is 12.6. The average molecular weight is 356 g/mol. The quantitative estimate of drug-likeness (QED) is 0.664. The highest BCUT2D eigenvalue weighted by Crippen LogP contribution is 2.17. The number of carboxylic acids is 1. The zero-order chi connectivity index (χ0) is 13.1. The van der Waals surface area contributed by atoms with Gasteiger partial charge in [0, 0.05) is 3.57 Å². The number of alkyl halides is 2. The minimum Gasteiger partial charge on any atom is -0.477 e. The number of ether oxygens (including phenoxy) is 1. The lowest BCUT2D eigenvalue weighted by atomic mass is 10.2. The fraction of sp³-hybridized carbons (Fsp3) is 0.200. The summed E-state index contributed by atoms with van der Waals surface area (Å²) in [6.45, 7) is -1.48. The van der Waals surface area contributed by atoms with E-state index >= 15 is 0 Å². The van der Waals surface area contributed by atoms with Crippen LogP contribution in [0.3, 0.4) is 0 Å². The van der Waals surface area contributed by atoms with Gasteiger partial charge in [0.1, 0.15) is 0 Å². The van der Waals surface area contributed by atoms with Gasteiger partial charge in [-0.15, -0.1) is 0 Å². The summed E-state index contributed by atoms with van der Waals surface area (Å²) in [4.78, 5) is 21.5. The summed E-state index contributed by atoms with van der Waals surface area (Å²) in [5.41, 5.74) is 0.120. The van der Waals surface area contributed by atoms with E-state index < -0.39 is 24.5 Å². The Morgan fingerprint density at radius 3 is 2.47 bits per heavy atom. The number of aliphatic carboxylic acids is 1. The fourth-order valence-corrected chi connectivity index (χ4v) is 1.53. The Labute approximate surface area is 109 Å². The molecule has 0 aromatic heterocycles. The third-order valence-corrected chi connectivity index (χ3v) is 2.73. The Kier molecular flexibility index (Phi) is 4.38. The highest BCUT2D eigenvalue weighted by molar-refractivity contribution is 14.1. The molecule has 0 unspecified atom stereocenters. The average Bonchev–Trinajstić information content (AvgIpc) is 2.26. The van der Waals surface area contributed by atoms with Gasteiger partial charge in [0.25, 0.3) is 0 Å².